The minimum absolute atomic E-state index is 0.300. The highest BCUT2D eigenvalue weighted by Crippen LogP contribution is 2.32. The third-order valence-electron chi connectivity index (χ3n) is 2.59. The molecule has 94 valence electrons. The van der Waals surface area contributed by atoms with Crippen molar-refractivity contribution in [1.29, 1.82) is 0 Å². The zero-order valence-corrected chi connectivity index (χ0v) is 10.8. The van der Waals surface area contributed by atoms with Crippen molar-refractivity contribution in [3.63, 3.8) is 0 Å². The Morgan fingerprint density at radius 2 is 2.18 bits per heavy atom. The van der Waals surface area contributed by atoms with Gasteiger partial charge < -0.3 is 15.2 Å². The molecule has 0 aliphatic heterocycles. The van der Waals surface area contributed by atoms with E-state index in [1.807, 2.05) is 26.0 Å². The molecule has 0 spiro atoms. The van der Waals surface area contributed by atoms with Gasteiger partial charge in [0.25, 0.3) is 0 Å². The quantitative estimate of drug-likeness (QED) is 0.872. The molecular formula is C12H16ClNO3. The van der Waals surface area contributed by atoms with Crippen molar-refractivity contribution in [2.45, 2.75) is 19.3 Å². The summed E-state index contributed by atoms with van der Waals surface area (Å²) >= 11 is 6.15. The number of amides is 1. The van der Waals surface area contributed by atoms with Crippen molar-refractivity contribution in [3.05, 3.63) is 28.8 Å². The Hall–Kier alpha value is -1.42. The van der Waals surface area contributed by atoms with Gasteiger partial charge >= 0.3 is 6.09 Å². The van der Waals surface area contributed by atoms with Gasteiger partial charge in [0.05, 0.1) is 7.11 Å². The molecule has 17 heavy (non-hydrogen) atoms. The maximum atomic E-state index is 10.5. The van der Waals surface area contributed by atoms with Gasteiger partial charge in [-0.05, 0) is 17.7 Å². The standard InChI is InChI=1S/C12H16ClNO3/c1-12(2,7-14-11(15)16)9-5-4-8(17-3)6-10(9)13/h4-6,14H,7H2,1-3H3,(H,15,16). The minimum Gasteiger partial charge on any atom is -0.497 e. The van der Waals surface area contributed by atoms with Gasteiger partial charge in [-0.25, -0.2) is 4.79 Å². The molecule has 0 radical (unpaired) electrons. The summed E-state index contributed by atoms with van der Waals surface area (Å²) in [5.74, 6) is 0.681. The van der Waals surface area contributed by atoms with Gasteiger partial charge in [0, 0.05) is 17.0 Å². The summed E-state index contributed by atoms with van der Waals surface area (Å²) < 4.78 is 5.07. The molecule has 5 heteroatoms. The van der Waals surface area contributed by atoms with E-state index in [-0.39, 0.29) is 5.41 Å². The number of hydrogen-bond donors (Lipinski definition) is 2. The van der Waals surface area contributed by atoms with Gasteiger partial charge in [0.15, 0.2) is 0 Å². The lowest BCUT2D eigenvalue weighted by Crippen LogP contribution is -2.36. The molecule has 1 amide bonds. The Balaban J connectivity index is 2.94. The predicted octanol–water partition coefficient (Wildman–Crippen LogP) is 2.89. The Labute approximate surface area is 106 Å². The Kier molecular flexibility index (Phi) is 4.23. The summed E-state index contributed by atoms with van der Waals surface area (Å²) in [6, 6.07) is 5.38. The maximum absolute atomic E-state index is 10.5. The topological polar surface area (TPSA) is 58.6 Å². The summed E-state index contributed by atoms with van der Waals surface area (Å²) in [6.45, 7) is 4.15. The van der Waals surface area contributed by atoms with Gasteiger partial charge in [-0.15, -0.1) is 0 Å². The molecule has 0 bridgehead atoms. The van der Waals surface area contributed by atoms with Crippen LogP contribution >= 0.6 is 11.6 Å². The van der Waals surface area contributed by atoms with E-state index in [1.54, 1.807) is 13.2 Å². The predicted molar refractivity (Wildman–Crippen MR) is 67.1 cm³/mol. The maximum Gasteiger partial charge on any atom is 0.404 e. The molecule has 1 aromatic rings. The molecule has 0 unspecified atom stereocenters. The van der Waals surface area contributed by atoms with Crippen LogP contribution in [0.1, 0.15) is 19.4 Å². The molecule has 1 rings (SSSR count). The van der Waals surface area contributed by atoms with Crippen molar-refractivity contribution < 1.29 is 14.6 Å². The van der Waals surface area contributed by atoms with Crippen LogP contribution in [0.5, 0.6) is 5.75 Å². The molecule has 2 N–H and O–H groups in total. The summed E-state index contributed by atoms with van der Waals surface area (Å²) in [7, 11) is 1.57. The van der Waals surface area contributed by atoms with Crippen LogP contribution in [0.25, 0.3) is 0 Å². The number of hydrogen-bond acceptors (Lipinski definition) is 2. The van der Waals surface area contributed by atoms with E-state index in [9.17, 15) is 4.79 Å². The van der Waals surface area contributed by atoms with Crippen LogP contribution in [0.15, 0.2) is 18.2 Å². The van der Waals surface area contributed by atoms with Crippen molar-refractivity contribution in [1.82, 2.24) is 5.32 Å². The molecule has 0 aliphatic rings. The fourth-order valence-corrected chi connectivity index (χ4v) is 1.99. The number of carboxylic acid groups (broad SMARTS) is 1. The molecule has 1 aromatic carbocycles. The number of methoxy groups -OCH3 is 1. The van der Waals surface area contributed by atoms with Crippen LogP contribution in [-0.2, 0) is 5.41 Å². The first-order chi connectivity index (χ1) is 7.86. The number of rotatable bonds is 4. The van der Waals surface area contributed by atoms with E-state index in [0.717, 1.165) is 5.56 Å². The second-order valence-corrected chi connectivity index (χ2v) is 4.80. The Morgan fingerprint density at radius 3 is 2.65 bits per heavy atom. The first kappa shape index (κ1) is 13.6. The van der Waals surface area contributed by atoms with Gasteiger partial charge in [0.1, 0.15) is 5.75 Å². The summed E-state index contributed by atoms with van der Waals surface area (Å²) in [6.07, 6.45) is -1.04. The SMILES string of the molecule is COc1ccc(C(C)(C)CNC(=O)O)c(Cl)c1. The minimum atomic E-state index is -1.04. The smallest absolute Gasteiger partial charge is 0.404 e. The van der Waals surface area contributed by atoms with Crippen molar-refractivity contribution >= 4 is 17.7 Å². The first-order valence-electron chi connectivity index (χ1n) is 5.17. The van der Waals surface area contributed by atoms with Crippen LogP contribution in [-0.4, -0.2) is 24.9 Å². The molecule has 4 nitrogen and oxygen atoms in total. The van der Waals surface area contributed by atoms with Crippen molar-refractivity contribution in [2.75, 3.05) is 13.7 Å². The van der Waals surface area contributed by atoms with Gasteiger partial charge in [-0.3, -0.25) is 0 Å². The van der Waals surface area contributed by atoms with E-state index < -0.39 is 6.09 Å². The second kappa shape index (κ2) is 5.27. The van der Waals surface area contributed by atoms with Crippen LogP contribution < -0.4 is 10.1 Å². The lowest BCUT2D eigenvalue weighted by Gasteiger charge is -2.26. The van der Waals surface area contributed by atoms with Gasteiger partial charge in [-0.2, -0.15) is 0 Å². The van der Waals surface area contributed by atoms with Crippen molar-refractivity contribution in [3.8, 4) is 5.75 Å². The summed E-state index contributed by atoms with van der Waals surface area (Å²) in [5.41, 5.74) is 0.510. The molecule has 0 saturated heterocycles. The second-order valence-electron chi connectivity index (χ2n) is 4.39. The third-order valence-corrected chi connectivity index (χ3v) is 2.90. The number of halogens is 1. The molecule has 0 fully saturated rings. The van der Waals surface area contributed by atoms with Crippen LogP contribution in [0.3, 0.4) is 0 Å². The van der Waals surface area contributed by atoms with Gasteiger partial charge in [-0.1, -0.05) is 31.5 Å². The number of benzene rings is 1. The van der Waals surface area contributed by atoms with E-state index in [0.29, 0.717) is 17.3 Å². The molecule has 0 saturated carbocycles. The molecule has 0 aromatic heterocycles. The van der Waals surface area contributed by atoms with Crippen LogP contribution in [0, 0.1) is 0 Å². The van der Waals surface area contributed by atoms with Crippen LogP contribution in [0.2, 0.25) is 5.02 Å². The lowest BCUT2D eigenvalue weighted by atomic mass is 9.84. The fraction of sp³-hybridized carbons (Fsp3) is 0.417. The van der Waals surface area contributed by atoms with E-state index in [4.69, 9.17) is 21.4 Å². The zero-order valence-electron chi connectivity index (χ0n) is 10.1. The van der Waals surface area contributed by atoms with Crippen LogP contribution in [0.4, 0.5) is 4.79 Å². The van der Waals surface area contributed by atoms with E-state index in [2.05, 4.69) is 5.32 Å². The summed E-state index contributed by atoms with van der Waals surface area (Å²) in [5, 5.41) is 11.5. The van der Waals surface area contributed by atoms with E-state index in [1.165, 1.54) is 0 Å². The first-order valence-corrected chi connectivity index (χ1v) is 5.55. The lowest BCUT2D eigenvalue weighted by molar-refractivity contribution is 0.192. The highest BCUT2D eigenvalue weighted by Gasteiger charge is 2.24. The fourth-order valence-electron chi connectivity index (χ4n) is 1.56. The molecular weight excluding hydrogens is 242 g/mol. The third kappa shape index (κ3) is 3.53. The number of carbonyl (C=O) groups is 1. The van der Waals surface area contributed by atoms with Crippen molar-refractivity contribution in [2.24, 2.45) is 0 Å². The molecule has 0 aliphatic carbocycles. The number of ether oxygens (including phenoxy) is 1. The Morgan fingerprint density at radius 1 is 1.53 bits per heavy atom. The normalized spacial score (nSPS) is 11.1. The molecule has 0 atom stereocenters. The highest BCUT2D eigenvalue weighted by molar-refractivity contribution is 6.31. The number of nitrogens with one attached hydrogen (secondary N) is 1. The highest BCUT2D eigenvalue weighted by atomic mass is 35.5. The zero-order chi connectivity index (χ0) is 13.1. The Bertz CT molecular complexity index is 418. The van der Waals surface area contributed by atoms with E-state index >= 15 is 0 Å². The molecule has 0 heterocycles. The monoisotopic (exact) mass is 257 g/mol. The average molecular weight is 258 g/mol. The van der Waals surface area contributed by atoms with Gasteiger partial charge in [0.2, 0.25) is 0 Å². The average Bonchev–Trinajstić information content (AvgIpc) is 2.26. The largest absolute Gasteiger partial charge is 0.497 e. The summed E-state index contributed by atoms with van der Waals surface area (Å²) in [4.78, 5) is 10.5.